The smallest absolute Gasteiger partial charge is 0.322 e. The van der Waals surface area contributed by atoms with Gasteiger partial charge in [-0.3, -0.25) is 4.79 Å². The lowest BCUT2D eigenvalue weighted by Gasteiger charge is -2.58. The van der Waals surface area contributed by atoms with Crippen LogP contribution in [0.2, 0.25) is 0 Å². The lowest BCUT2D eigenvalue weighted by atomic mass is 9.73. The minimum absolute atomic E-state index is 0.0514. The third kappa shape index (κ3) is 4.21. The molecule has 3 aromatic rings. The molecule has 2 aliphatic heterocycles. The van der Waals surface area contributed by atoms with Gasteiger partial charge in [0.15, 0.2) is 0 Å². The molecule has 0 bridgehead atoms. The lowest BCUT2D eigenvalue weighted by molar-refractivity contribution is -0.159. The first kappa shape index (κ1) is 22.9. The minimum Gasteiger partial charge on any atom is -0.495 e. The summed E-state index contributed by atoms with van der Waals surface area (Å²) in [4.78, 5) is 29.1. The van der Waals surface area contributed by atoms with Gasteiger partial charge in [0.2, 0.25) is 5.91 Å². The molecule has 180 valence electrons. The number of fused-ring (bicyclic) bond motifs is 1. The number of benzene rings is 3. The van der Waals surface area contributed by atoms with Gasteiger partial charge in [-0.2, -0.15) is 0 Å². The molecule has 0 saturated carbocycles. The highest BCUT2D eigenvalue weighted by Gasteiger charge is 2.54. The Morgan fingerprint density at radius 1 is 1.06 bits per heavy atom. The quantitative estimate of drug-likeness (QED) is 0.590. The van der Waals surface area contributed by atoms with E-state index in [1.54, 1.807) is 35.2 Å². The molecule has 0 radical (unpaired) electrons. The fraction of sp³-hybridized carbons (Fsp3) is 0.259. The van der Waals surface area contributed by atoms with Crippen LogP contribution in [-0.4, -0.2) is 65.7 Å². The SMILES string of the molecule is COc1ccccc1NC(=O)N1CC(=O)N2[C@H](CO)[C@@H](c3ccc(-c4ccc(F)cc4)cc3)[C@@H]2C1. The van der Waals surface area contributed by atoms with Crippen molar-refractivity contribution in [3.8, 4) is 16.9 Å². The summed E-state index contributed by atoms with van der Waals surface area (Å²) in [6, 6.07) is 20.3. The summed E-state index contributed by atoms with van der Waals surface area (Å²) in [5.41, 5.74) is 3.36. The minimum atomic E-state index is -0.375. The molecule has 2 saturated heterocycles. The number of rotatable bonds is 5. The average molecular weight is 476 g/mol. The molecule has 5 rings (SSSR count). The van der Waals surface area contributed by atoms with E-state index in [4.69, 9.17) is 4.74 Å². The zero-order chi connectivity index (χ0) is 24.5. The van der Waals surface area contributed by atoms with E-state index in [-0.39, 0.29) is 48.9 Å². The van der Waals surface area contributed by atoms with Crippen molar-refractivity contribution in [2.75, 3.05) is 32.1 Å². The van der Waals surface area contributed by atoms with Crippen LogP contribution in [0.15, 0.2) is 72.8 Å². The van der Waals surface area contributed by atoms with E-state index in [0.29, 0.717) is 18.0 Å². The number of para-hydroxylation sites is 2. The zero-order valence-electron chi connectivity index (χ0n) is 19.2. The van der Waals surface area contributed by atoms with Gasteiger partial charge in [0.1, 0.15) is 18.1 Å². The molecule has 7 nitrogen and oxygen atoms in total. The largest absolute Gasteiger partial charge is 0.495 e. The van der Waals surface area contributed by atoms with E-state index < -0.39 is 0 Å². The van der Waals surface area contributed by atoms with Gasteiger partial charge in [0.05, 0.1) is 31.5 Å². The third-order valence-corrected chi connectivity index (χ3v) is 6.86. The number of halogens is 1. The number of carbonyl (C=O) groups is 2. The highest BCUT2D eigenvalue weighted by molar-refractivity contribution is 5.94. The molecule has 2 aliphatic rings. The van der Waals surface area contributed by atoms with E-state index in [0.717, 1.165) is 16.7 Å². The van der Waals surface area contributed by atoms with Crippen LogP contribution < -0.4 is 10.1 Å². The molecule has 8 heteroatoms. The van der Waals surface area contributed by atoms with Gasteiger partial charge in [-0.1, -0.05) is 48.5 Å². The van der Waals surface area contributed by atoms with Crippen molar-refractivity contribution in [1.29, 1.82) is 0 Å². The maximum Gasteiger partial charge on any atom is 0.322 e. The van der Waals surface area contributed by atoms with Crippen LogP contribution in [0.5, 0.6) is 5.75 Å². The normalized spacial score (nSPS) is 21.2. The van der Waals surface area contributed by atoms with E-state index in [2.05, 4.69) is 5.32 Å². The second kappa shape index (κ2) is 9.38. The Morgan fingerprint density at radius 3 is 2.37 bits per heavy atom. The standard InChI is InChI=1S/C27H26FN3O4/c1-35-24-5-3-2-4-21(24)29-27(34)30-14-22-26(23(16-32)31(22)25(33)15-30)19-8-6-17(7-9-19)18-10-12-20(28)13-11-18/h2-13,22-23,26,32H,14-16H2,1H3,(H,29,34)/t22-,23+,26-/m0/s1. The summed E-state index contributed by atoms with van der Waals surface area (Å²) >= 11 is 0. The van der Waals surface area contributed by atoms with Crippen molar-refractivity contribution >= 4 is 17.6 Å². The second-order valence-corrected chi connectivity index (χ2v) is 8.78. The van der Waals surface area contributed by atoms with Crippen LogP contribution in [0.4, 0.5) is 14.9 Å². The van der Waals surface area contributed by atoms with Crippen molar-refractivity contribution in [1.82, 2.24) is 9.80 Å². The molecule has 35 heavy (non-hydrogen) atoms. The van der Waals surface area contributed by atoms with E-state index in [1.807, 2.05) is 30.3 Å². The number of anilines is 1. The van der Waals surface area contributed by atoms with Crippen LogP contribution in [0.1, 0.15) is 11.5 Å². The number of aliphatic hydroxyl groups is 1. The van der Waals surface area contributed by atoms with Crippen LogP contribution >= 0.6 is 0 Å². The number of amides is 3. The highest BCUT2D eigenvalue weighted by atomic mass is 19.1. The number of aliphatic hydroxyl groups excluding tert-OH is 1. The molecule has 3 amide bonds. The average Bonchev–Trinajstić information content (AvgIpc) is 2.86. The number of urea groups is 1. The summed E-state index contributed by atoms with van der Waals surface area (Å²) in [6.45, 7) is 0.151. The fourth-order valence-corrected chi connectivity index (χ4v) is 5.14. The number of piperazine rings is 1. The Hall–Kier alpha value is -3.91. The van der Waals surface area contributed by atoms with E-state index in [1.165, 1.54) is 24.1 Å². The van der Waals surface area contributed by atoms with Crippen LogP contribution in [-0.2, 0) is 4.79 Å². The fourth-order valence-electron chi connectivity index (χ4n) is 5.14. The third-order valence-electron chi connectivity index (χ3n) is 6.86. The number of carbonyl (C=O) groups excluding carboxylic acids is 2. The topological polar surface area (TPSA) is 82.1 Å². The molecule has 0 aromatic heterocycles. The van der Waals surface area contributed by atoms with Gasteiger partial charge in [-0.15, -0.1) is 0 Å². The number of nitrogens with one attached hydrogen (secondary N) is 1. The van der Waals surface area contributed by atoms with E-state index in [9.17, 15) is 19.1 Å². The Labute approximate surface area is 202 Å². The van der Waals surface area contributed by atoms with Gasteiger partial charge in [-0.05, 0) is 41.0 Å². The summed E-state index contributed by atoms with van der Waals surface area (Å²) < 4.78 is 18.6. The molecule has 2 N–H and O–H groups in total. The monoisotopic (exact) mass is 475 g/mol. The van der Waals surface area contributed by atoms with Gasteiger partial charge in [0, 0.05) is 12.5 Å². The first-order valence-electron chi connectivity index (χ1n) is 11.5. The summed E-state index contributed by atoms with van der Waals surface area (Å²) in [5, 5.41) is 12.9. The summed E-state index contributed by atoms with van der Waals surface area (Å²) in [6.07, 6.45) is 0. The number of hydrogen-bond donors (Lipinski definition) is 2. The predicted molar refractivity (Wildman–Crippen MR) is 130 cm³/mol. The molecule has 0 aliphatic carbocycles. The van der Waals surface area contributed by atoms with Crippen molar-refractivity contribution < 1.29 is 23.8 Å². The Balaban J connectivity index is 1.34. The number of ether oxygens (including phenoxy) is 1. The maximum absolute atomic E-state index is 13.3. The zero-order valence-corrected chi connectivity index (χ0v) is 19.2. The summed E-state index contributed by atoms with van der Waals surface area (Å²) in [7, 11) is 1.53. The van der Waals surface area contributed by atoms with Crippen molar-refractivity contribution in [2.24, 2.45) is 0 Å². The van der Waals surface area contributed by atoms with Crippen molar-refractivity contribution in [2.45, 2.75) is 18.0 Å². The van der Waals surface area contributed by atoms with Crippen LogP contribution in [0.25, 0.3) is 11.1 Å². The van der Waals surface area contributed by atoms with Crippen molar-refractivity contribution in [3.05, 3.63) is 84.2 Å². The molecule has 2 heterocycles. The van der Waals surface area contributed by atoms with E-state index >= 15 is 0 Å². The molecule has 2 fully saturated rings. The highest BCUT2D eigenvalue weighted by Crippen LogP contribution is 2.43. The first-order valence-corrected chi connectivity index (χ1v) is 11.5. The van der Waals surface area contributed by atoms with Crippen LogP contribution in [0, 0.1) is 5.82 Å². The molecule has 3 atom stereocenters. The molecule has 0 spiro atoms. The van der Waals surface area contributed by atoms with Gasteiger partial charge >= 0.3 is 6.03 Å². The molecular weight excluding hydrogens is 449 g/mol. The van der Waals surface area contributed by atoms with Gasteiger partial charge < -0.3 is 25.0 Å². The second-order valence-electron chi connectivity index (χ2n) is 8.78. The predicted octanol–water partition coefficient (Wildman–Crippen LogP) is 3.70. The maximum atomic E-state index is 13.3. The molecule has 3 aromatic carbocycles. The number of hydrogen-bond acceptors (Lipinski definition) is 4. The Bertz CT molecular complexity index is 1230. The Kier molecular flexibility index (Phi) is 6.13. The van der Waals surface area contributed by atoms with Crippen LogP contribution in [0.3, 0.4) is 0 Å². The van der Waals surface area contributed by atoms with Crippen molar-refractivity contribution in [3.63, 3.8) is 0 Å². The number of nitrogens with zero attached hydrogens (tertiary/aromatic N) is 2. The first-order chi connectivity index (χ1) is 17.0. The molecule has 0 unspecified atom stereocenters. The number of methoxy groups -OCH3 is 1. The van der Waals surface area contributed by atoms with Gasteiger partial charge in [-0.25, -0.2) is 9.18 Å². The summed E-state index contributed by atoms with van der Waals surface area (Å²) in [5.74, 6) is -0.0383. The van der Waals surface area contributed by atoms with Gasteiger partial charge in [0.25, 0.3) is 0 Å². The molecular formula is C27H26FN3O4. The Morgan fingerprint density at radius 2 is 1.71 bits per heavy atom. The lowest BCUT2D eigenvalue weighted by Crippen LogP contribution is -2.73.